The maximum absolute atomic E-state index is 3.47. The van der Waals surface area contributed by atoms with Crippen molar-refractivity contribution in [2.24, 2.45) is 0 Å². The smallest absolute Gasteiger partial charge is 0.582 e. The Balaban J connectivity index is -0.0000000976. The van der Waals surface area contributed by atoms with E-state index in [-0.39, 0.29) is 47.8 Å². The molecule has 8 rings (SSSR count). The topological polar surface area (TPSA) is 216 Å². The van der Waals surface area contributed by atoms with Gasteiger partial charge in [0, 0.05) is 49.6 Å². The molecule has 0 N–H and O–H groups in total. The van der Waals surface area contributed by atoms with E-state index < -0.39 is 0 Å². The van der Waals surface area contributed by atoms with Gasteiger partial charge in [-0.1, -0.05) is 48.5 Å². The molecular weight excluding hydrogens is 903 g/mol. The summed E-state index contributed by atoms with van der Waals surface area (Å²) < 4.78 is 0. The molecule has 0 aliphatic rings. The van der Waals surface area contributed by atoms with Crippen LogP contribution in [0.25, 0.3) is 0 Å². The molecule has 16 nitrogen and oxygen atoms in total. The first kappa shape index (κ1) is 39.2. The Morgan fingerprint density at radius 2 is 0.357 bits per heavy atom. The fraction of sp³-hybridized carbons (Fsp3) is 0. The van der Waals surface area contributed by atoms with Crippen LogP contribution in [0.1, 0.15) is 5.71 Å². The van der Waals surface area contributed by atoms with Crippen molar-refractivity contribution in [2.45, 2.75) is 0 Å². The number of hydrogen-bond donors (Lipinski definition) is 0. The van der Waals surface area contributed by atoms with Crippen molar-refractivity contribution < 1.29 is 47.8 Å². The zero-order chi connectivity index (χ0) is 28.3. The average molecular weight is 931 g/mol. The molecule has 8 aromatic rings. The van der Waals surface area contributed by atoms with Gasteiger partial charge in [-0.05, 0) is 0 Å². The first-order valence-electron chi connectivity index (χ1n) is 11.1. The molecule has 0 atom stereocenters. The molecule has 0 unspecified atom stereocenters. The van der Waals surface area contributed by atoms with Gasteiger partial charge in [0.15, 0.2) is 0 Å². The van der Waals surface area contributed by atoms with Gasteiger partial charge in [-0.25, -0.2) is 0 Å². The Bertz CT molecular complexity index is 837. The fourth-order valence-corrected chi connectivity index (χ4v) is 1.54. The van der Waals surface area contributed by atoms with Gasteiger partial charge < -0.3 is 81.6 Å². The molecule has 0 saturated heterocycles. The standard InChI is InChI=1S/8C3H3N2.2Pt/c8*1-2-4-5-3-1;;/h8*1-3H;;/q8*-1;2*+2/p+4. The Morgan fingerprint density at radius 3 is 0.381 bits per heavy atom. The van der Waals surface area contributed by atoms with Gasteiger partial charge in [0.25, 0.3) is 0 Å². The molecule has 8 heterocycles. The van der Waals surface area contributed by atoms with Crippen LogP contribution in [0.4, 0.5) is 0 Å². The van der Waals surface area contributed by atoms with E-state index in [4.69, 9.17) is 0 Å². The summed E-state index contributed by atoms with van der Waals surface area (Å²) in [6.07, 6.45) is 26.2. The second-order valence-electron chi connectivity index (χ2n) is 5.77. The fourth-order valence-electron chi connectivity index (χ4n) is 1.54. The average Bonchev–Trinajstić information content (AvgIpc) is 3.95. The molecule has 0 radical (unpaired) electrons. The third-order valence-electron chi connectivity index (χ3n) is 2.98. The van der Waals surface area contributed by atoms with Crippen LogP contribution in [0.5, 0.6) is 0 Å². The predicted octanol–water partition coefficient (Wildman–Crippen LogP) is 0.755. The van der Waals surface area contributed by atoms with Gasteiger partial charge in [-0.15, -0.1) is 0 Å². The summed E-state index contributed by atoms with van der Waals surface area (Å²) >= 11 is 0. The van der Waals surface area contributed by atoms with Gasteiger partial charge >= 0.3 is 47.8 Å². The summed E-state index contributed by atoms with van der Waals surface area (Å²) in [4.78, 5) is 0. The van der Waals surface area contributed by atoms with Gasteiger partial charge in [0.2, 0.25) is 0 Å². The molecule has 0 aliphatic heterocycles. The van der Waals surface area contributed by atoms with Crippen LogP contribution in [0.3, 0.4) is 0 Å². The molecule has 224 valence electrons. The number of hydrogen-bond acceptors (Lipinski definition) is 8. The molecule has 0 aliphatic carbocycles. The first-order valence-corrected chi connectivity index (χ1v) is 11.1. The first-order chi connectivity index (χ1) is 20.0. The number of nitrogens with zero attached hydrogens (tertiary/aromatic N) is 16. The van der Waals surface area contributed by atoms with Crippen LogP contribution in [0.2, 0.25) is 0 Å². The van der Waals surface area contributed by atoms with Gasteiger partial charge in [0.1, 0.15) is 0 Å². The Morgan fingerprint density at radius 1 is 0.238 bits per heavy atom. The van der Waals surface area contributed by atoms with Crippen LogP contribution in [0, 0.1) is 0 Å². The molecule has 0 bridgehead atoms. The van der Waals surface area contributed by atoms with Gasteiger partial charge in [0.05, 0.1) is 0 Å². The van der Waals surface area contributed by atoms with E-state index in [1.54, 1.807) is 148 Å². The molecule has 8 aromatic heterocycles. The van der Waals surface area contributed by atoms with E-state index >= 15 is 0 Å². The number of aromatic nitrogens is 16. The van der Waals surface area contributed by atoms with Crippen LogP contribution in [-0.4, -0.2) is 40.8 Å². The zero-order valence-electron chi connectivity index (χ0n) is 25.6. The van der Waals surface area contributed by atoms with Crippen molar-refractivity contribution in [3.63, 3.8) is 0 Å². The normalized spacial score (nSPS) is 7.62. The summed E-state index contributed by atoms with van der Waals surface area (Å²) in [6, 6.07) is 14.2. The van der Waals surface area contributed by atoms with Crippen molar-refractivity contribution in [2.75, 3.05) is 0 Å². The second kappa shape index (κ2) is 36.1. The molecule has 0 fully saturated rings. The van der Waals surface area contributed by atoms with Gasteiger partial charge in [-0.2, -0.15) is 49.6 Å². The molecule has 18 heteroatoms. The van der Waals surface area contributed by atoms with Crippen molar-refractivity contribution in [1.82, 2.24) is 81.6 Å². The molecule has 0 saturated carbocycles. The maximum Gasteiger partial charge on any atom is 2.00 e. The molecule has 0 amide bonds. The third kappa shape index (κ3) is 33.1. The van der Waals surface area contributed by atoms with E-state index in [1.807, 2.05) is 0 Å². The Kier molecular flexibility index (Phi) is 33.7. The van der Waals surface area contributed by atoms with E-state index in [1.165, 1.54) is 0 Å². The van der Waals surface area contributed by atoms with Crippen molar-refractivity contribution in [1.29, 1.82) is 0 Å². The predicted molar refractivity (Wildman–Crippen MR) is 145 cm³/mol. The summed E-state index contributed by atoms with van der Waals surface area (Å²) in [6.45, 7) is 0. The van der Waals surface area contributed by atoms with Crippen molar-refractivity contribution >= 4 is 0 Å². The van der Waals surface area contributed by atoms with Crippen molar-refractivity contribution in [3.05, 3.63) is 148 Å². The largest absolute Gasteiger partial charge is 2.00 e. The van der Waals surface area contributed by atoms with Crippen molar-refractivity contribution in [3.8, 4) is 0 Å². The minimum Gasteiger partial charge on any atom is -0.582 e. The molecule has 0 spiro atoms. The SMILES string of the molecule is [H+].[H+].[H+].[H+].[Pt+2].[Pt+2].c1cn[n-]c1.c1cn[n-]c1.c1cn[n-]c1.c1cn[n-]c1.c1cn[n-]c1.c1cn[n-]c1.c1cn[n-]c1.c1cn[n-]c1. The summed E-state index contributed by atoms with van der Waals surface area (Å²) in [7, 11) is 0. The maximum atomic E-state index is 3.47. The van der Waals surface area contributed by atoms with E-state index in [9.17, 15) is 0 Å². The van der Waals surface area contributed by atoms with Crippen LogP contribution in [-0.2, 0) is 42.1 Å². The summed E-state index contributed by atoms with van der Waals surface area (Å²) in [5.74, 6) is 0. The van der Waals surface area contributed by atoms with Crippen LogP contribution in [0.15, 0.2) is 148 Å². The zero-order valence-corrected chi connectivity index (χ0v) is 26.2. The summed E-state index contributed by atoms with van der Waals surface area (Å²) in [5, 5.41) is 55.6. The minimum absolute atomic E-state index is 0. The van der Waals surface area contributed by atoms with Crippen LogP contribution < -0.4 is 40.8 Å². The minimum atomic E-state index is 0. The molecular formula is C24H28N16Pt2. The quantitative estimate of drug-likeness (QED) is 0.205. The Hall–Kier alpha value is -4.94. The second-order valence-corrected chi connectivity index (χ2v) is 5.77. The third-order valence-corrected chi connectivity index (χ3v) is 2.98. The molecule has 0 aromatic carbocycles. The monoisotopic (exact) mass is 930 g/mol. The van der Waals surface area contributed by atoms with E-state index in [0.29, 0.717) is 0 Å². The Labute approximate surface area is 276 Å². The molecule has 42 heavy (non-hydrogen) atoms. The van der Waals surface area contributed by atoms with E-state index in [2.05, 4.69) is 81.6 Å². The van der Waals surface area contributed by atoms with Gasteiger partial charge in [-0.3, -0.25) is 0 Å². The number of rotatable bonds is 0. The summed E-state index contributed by atoms with van der Waals surface area (Å²) in [5.41, 5.74) is 0. The van der Waals surface area contributed by atoms with E-state index in [0.717, 1.165) is 0 Å². The van der Waals surface area contributed by atoms with Crippen LogP contribution >= 0.6 is 0 Å².